The van der Waals surface area contributed by atoms with E-state index in [2.05, 4.69) is 18.7 Å². The SMILES string of the molecule is CC(C)N1CC(CCO)C1. The molecule has 2 heteroatoms. The Balaban J connectivity index is 2.06. The number of hydrogen-bond acceptors (Lipinski definition) is 2. The van der Waals surface area contributed by atoms with E-state index in [4.69, 9.17) is 5.11 Å². The smallest absolute Gasteiger partial charge is 0.0434 e. The zero-order valence-corrected chi connectivity index (χ0v) is 6.88. The minimum Gasteiger partial charge on any atom is -0.396 e. The molecular formula is C8H17NO. The van der Waals surface area contributed by atoms with Crippen molar-refractivity contribution in [3.05, 3.63) is 0 Å². The molecular weight excluding hydrogens is 126 g/mol. The van der Waals surface area contributed by atoms with Crippen LogP contribution in [-0.2, 0) is 0 Å². The number of nitrogens with zero attached hydrogens (tertiary/aromatic N) is 1. The molecule has 0 aromatic heterocycles. The van der Waals surface area contributed by atoms with Crippen molar-refractivity contribution in [1.82, 2.24) is 4.90 Å². The highest BCUT2D eigenvalue weighted by Crippen LogP contribution is 2.20. The number of rotatable bonds is 3. The van der Waals surface area contributed by atoms with Crippen molar-refractivity contribution in [2.45, 2.75) is 26.3 Å². The predicted octanol–water partition coefficient (Wildman–Crippen LogP) is 0.709. The molecule has 0 aromatic carbocycles. The van der Waals surface area contributed by atoms with Gasteiger partial charge >= 0.3 is 0 Å². The molecule has 10 heavy (non-hydrogen) atoms. The Kier molecular flexibility index (Phi) is 2.69. The quantitative estimate of drug-likeness (QED) is 0.629. The highest BCUT2D eigenvalue weighted by atomic mass is 16.3. The Morgan fingerprint density at radius 1 is 1.50 bits per heavy atom. The van der Waals surface area contributed by atoms with E-state index in [-0.39, 0.29) is 0 Å². The minimum atomic E-state index is 0.358. The zero-order chi connectivity index (χ0) is 7.56. The summed E-state index contributed by atoms with van der Waals surface area (Å²) in [6.45, 7) is 7.18. The summed E-state index contributed by atoms with van der Waals surface area (Å²) in [6.07, 6.45) is 0.989. The molecule has 0 atom stereocenters. The Morgan fingerprint density at radius 2 is 2.10 bits per heavy atom. The maximum atomic E-state index is 8.61. The third-order valence-electron chi connectivity index (χ3n) is 2.25. The molecule has 0 aromatic rings. The molecule has 1 rings (SSSR count). The largest absolute Gasteiger partial charge is 0.396 e. The highest BCUT2D eigenvalue weighted by Gasteiger charge is 2.27. The second-order valence-electron chi connectivity index (χ2n) is 3.43. The molecule has 1 aliphatic rings. The van der Waals surface area contributed by atoms with Gasteiger partial charge in [-0.15, -0.1) is 0 Å². The fourth-order valence-corrected chi connectivity index (χ4v) is 1.40. The first-order valence-corrected chi connectivity index (χ1v) is 4.09. The van der Waals surface area contributed by atoms with Gasteiger partial charge in [-0.3, -0.25) is 0 Å². The third kappa shape index (κ3) is 1.70. The van der Waals surface area contributed by atoms with E-state index in [0.29, 0.717) is 12.6 Å². The molecule has 0 unspecified atom stereocenters. The van der Waals surface area contributed by atoms with Crippen molar-refractivity contribution in [2.24, 2.45) is 5.92 Å². The van der Waals surface area contributed by atoms with Crippen LogP contribution >= 0.6 is 0 Å². The van der Waals surface area contributed by atoms with Gasteiger partial charge in [-0.1, -0.05) is 0 Å². The van der Waals surface area contributed by atoms with Gasteiger partial charge in [0.1, 0.15) is 0 Å². The van der Waals surface area contributed by atoms with Crippen molar-refractivity contribution in [3.8, 4) is 0 Å². The second kappa shape index (κ2) is 3.35. The van der Waals surface area contributed by atoms with Crippen LogP contribution in [0.1, 0.15) is 20.3 Å². The molecule has 1 saturated heterocycles. The molecule has 0 bridgehead atoms. The maximum absolute atomic E-state index is 8.61. The summed E-state index contributed by atoms with van der Waals surface area (Å²) in [7, 11) is 0. The summed E-state index contributed by atoms with van der Waals surface area (Å²) >= 11 is 0. The first kappa shape index (κ1) is 8.02. The average molecular weight is 143 g/mol. The molecule has 1 heterocycles. The van der Waals surface area contributed by atoms with Crippen molar-refractivity contribution in [1.29, 1.82) is 0 Å². The first-order valence-electron chi connectivity index (χ1n) is 4.09. The van der Waals surface area contributed by atoms with Crippen LogP contribution in [0, 0.1) is 5.92 Å². The lowest BCUT2D eigenvalue weighted by Crippen LogP contribution is -2.50. The summed E-state index contributed by atoms with van der Waals surface area (Å²) in [6, 6.07) is 0.690. The van der Waals surface area contributed by atoms with Gasteiger partial charge in [-0.05, 0) is 26.2 Å². The van der Waals surface area contributed by atoms with Gasteiger partial charge in [0.25, 0.3) is 0 Å². The number of aliphatic hydroxyl groups excluding tert-OH is 1. The van der Waals surface area contributed by atoms with Crippen molar-refractivity contribution in [3.63, 3.8) is 0 Å². The molecule has 1 aliphatic heterocycles. The van der Waals surface area contributed by atoms with Crippen molar-refractivity contribution >= 4 is 0 Å². The van der Waals surface area contributed by atoms with Crippen LogP contribution in [0.2, 0.25) is 0 Å². The minimum absolute atomic E-state index is 0.358. The molecule has 0 saturated carbocycles. The van der Waals surface area contributed by atoms with Crippen LogP contribution in [0.25, 0.3) is 0 Å². The summed E-state index contributed by atoms with van der Waals surface area (Å²) < 4.78 is 0. The zero-order valence-electron chi connectivity index (χ0n) is 6.88. The van der Waals surface area contributed by atoms with Crippen LogP contribution in [0.3, 0.4) is 0 Å². The summed E-state index contributed by atoms with van der Waals surface area (Å²) in [4.78, 5) is 2.43. The van der Waals surface area contributed by atoms with Crippen LogP contribution in [0.5, 0.6) is 0 Å². The lowest BCUT2D eigenvalue weighted by Gasteiger charge is -2.42. The summed E-state index contributed by atoms with van der Waals surface area (Å²) in [5, 5.41) is 8.61. The Bertz CT molecular complexity index is 97.4. The standard InChI is InChI=1S/C8H17NO/c1-7(2)9-5-8(6-9)3-4-10/h7-8,10H,3-6H2,1-2H3. The summed E-state index contributed by atoms with van der Waals surface area (Å²) in [5.74, 6) is 0.771. The third-order valence-corrected chi connectivity index (χ3v) is 2.25. The van der Waals surface area contributed by atoms with Crippen LogP contribution in [0.4, 0.5) is 0 Å². The highest BCUT2D eigenvalue weighted by molar-refractivity contribution is 4.81. The van der Waals surface area contributed by atoms with Gasteiger partial charge in [0.2, 0.25) is 0 Å². The van der Waals surface area contributed by atoms with Gasteiger partial charge in [-0.2, -0.15) is 0 Å². The number of hydrogen-bond donors (Lipinski definition) is 1. The molecule has 2 nitrogen and oxygen atoms in total. The normalized spacial score (nSPS) is 21.6. The Morgan fingerprint density at radius 3 is 2.50 bits per heavy atom. The predicted molar refractivity (Wildman–Crippen MR) is 41.9 cm³/mol. The fraction of sp³-hybridized carbons (Fsp3) is 1.00. The van der Waals surface area contributed by atoms with Gasteiger partial charge in [0.05, 0.1) is 0 Å². The van der Waals surface area contributed by atoms with Crippen molar-refractivity contribution in [2.75, 3.05) is 19.7 Å². The molecule has 0 aliphatic carbocycles. The number of likely N-dealkylation sites (tertiary alicyclic amines) is 1. The van der Waals surface area contributed by atoms with E-state index < -0.39 is 0 Å². The van der Waals surface area contributed by atoms with E-state index in [1.54, 1.807) is 0 Å². The van der Waals surface area contributed by atoms with E-state index in [9.17, 15) is 0 Å². The fourth-order valence-electron chi connectivity index (χ4n) is 1.40. The lowest BCUT2D eigenvalue weighted by molar-refractivity contribution is 0.0517. The molecule has 60 valence electrons. The van der Waals surface area contributed by atoms with E-state index in [1.807, 2.05) is 0 Å². The Labute approximate surface area is 62.8 Å². The van der Waals surface area contributed by atoms with E-state index >= 15 is 0 Å². The van der Waals surface area contributed by atoms with Crippen LogP contribution in [-0.4, -0.2) is 35.7 Å². The van der Waals surface area contributed by atoms with Gasteiger partial charge in [-0.25, -0.2) is 0 Å². The lowest BCUT2D eigenvalue weighted by atomic mass is 9.95. The van der Waals surface area contributed by atoms with Gasteiger partial charge in [0.15, 0.2) is 0 Å². The topological polar surface area (TPSA) is 23.5 Å². The molecule has 1 N–H and O–H groups in total. The Hall–Kier alpha value is -0.0800. The van der Waals surface area contributed by atoms with Crippen molar-refractivity contribution < 1.29 is 5.11 Å². The van der Waals surface area contributed by atoms with E-state index in [0.717, 1.165) is 12.3 Å². The molecule has 0 spiro atoms. The maximum Gasteiger partial charge on any atom is 0.0434 e. The average Bonchev–Trinajstić information content (AvgIpc) is 1.76. The van der Waals surface area contributed by atoms with E-state index in [1.165, 1.54) is 13.1 Å². The summed E-state index contributed by atoms with van der Waals surface area (Å²) in [5.41, 5.74) is 0. The second-order valence-corrected chi connectivity index (χ2v) is 3.43. The monoisotopic (exact) mass is 143 g/mol. The van der Waals surface area contributed by atoms with Gasteiger partial charge in [0, 0.05) is 25.7 Å². The first-order chi connectivity index (χ1) is 4.74. The van der Waals surface area contributed by atoms with Crippen LogP contribution < -0.4 is 0 Å². The molecule has 0 amide bonds. The van der Waals surface area contributed by atoms with Gasteiger partial charge < -0.3 is 10.0 Å². The van der Waals surface area contributed by atoms with Crippen LogP contribution in [0.15, 0.2) is 0 Å². The molecule has 0 radical (unpaired) electrons. The number of aliphatic hydroxyl groups is 1. The molecule has 1 fully saturated rings.